The van der Waals surface area contributed by atoms with E-state index >= 15 is 0 Å². The Bertz CT molecular complexity index is 1500. The number of pyridine rings is 1. The monoisotopic (exact) mass is 471 g/mol. The summed E-state index contributed by atoms with van der Waals surface area (Å²) in [6.07, 6.45) is 1.85. The number of fused-ring (bicyclic) bond motifs is 2. The van der Waals surface area contributed by atoms with Gasteiger partial charge in [-0.1, -0.05) is 12.1 Å². The summed E-state index contributed by atoms with van der Waals surface area (Å²) < 4.78 is 18.0. The van der Waals surface area contributed by atoms with Gasteiger partial charge in [0, 0.05) is 44.0 Å². The smallest absolute Gasteiger partial charge is 0.419 e. The maximum absolute atomic E-state index is 11.9. The second-order valence-electron chi connectivity index (χ2n) is 9.14. The number of oxazole rings is 1. The number of esters is 1. The Hall–Kier alpha value is -3.75. The standard InChI is InChI=1S/C27H25N3O5/c1-16-19(5-6-20-21(16)15-34-26(20)31)25-14-30(9-10-33-25)13-17-3-7-22(28-12-17)18-4-8-24-23(11-18)29(2)27(32)35-24/h3-8,11-12,25H,9-10,13-15H2,1-2H3/t25-/m0/s1. The first-order valence-corrected chi connectivity index (χ1v) is 11.7. The molecule has 2 aliphatic rings. The van der Waals surface area contributed by atoms with E-state index in [9.17, 15) is 9.59 Å². The van der Waals surface area contributed by atoms with Crippen LogP contribution in [0.15, 0.2) is 57.9 Å². The number of aryl methyl sites for hydroxylation is 1. The number of carbonyl (C=O) groups is 1. The Morgan fingerprint density at radius 1 is 1.11 bits per heavy atom. The van der Waals surface area contributed by atoms with Crippen molar-refractivity contribution in [3.63, 3.8) is 0 Å². The minimum absolute atomic E-state index is 0.0506. The summed E-state index contributed by atoms with van der Waals surface area (Å²) in [5.74, 6) is -0.619. The van der Waals surface area contributed by atoms with Crippen LogP contribution in [0.1, 0.15) is 38.7 Å². The van der Waals surface area contributed by atoms with E-state index in [-0.39, 0.29) is 17.8 Å². The summed E-state index contributed by atoms with van der Waals surface area (Å²) in [4.78, 5) is 30.7. The molecule has 35 heavy (non-hydrogen) atoms. The van der Waals surface area contributed by atoms with E-state index in [4.69, 9.17) is 13.9 Å². The van der Waals surface area contributed by atoms with Crippen molar-refractivity contribution in [2.75, 3.05) is 19.7 Å². The third-order valence-corrected chi connectivity index (χ3v) is 7.02. The normalized spacial score (nSPS) is 18.1. The van der Waals surface area contributed by atoms with Gasteiger partial charge < -0.3 is 13.9 Å². The molecule has 2 aliphatic heterocycles. The van der Waals surface area contributed by atoms with Crippen LogP contribution in [0.3, 0.4) is 0 Å². The zero-order chi connectivity index (χ0) is 24.1. The maximum Gasteiger partial charge on any atom is 0.419 e. The van der Waals surface area contributed by atoms with Crippen molar-refractivity contribution in [3.05, 3.63) is 87.0 Å². The lowest BCUT2D eigenvalue weighted by molar-refractivity contribution is -0.0332. The summed E-state index contributed by atoms with van der Waals surface area (Å²) in [6.45, 7) is 5.40. The van der Waals surface area contributed by atoms with Crippen LogP contribution in [0.5, 0.6) is 0 Å². The number of hydrogen-bond donors (Lipinski definition) is 0. The molecule has 0 aliphatic carbocycles. The molecule has 1 atom stereocenters. The highest BCUT2D eigenvalue weighted by Gasteiger charge is 2.29. The van der Waals surface area contributed by atoms with Crippen molar-refractivity contribution < 1.29 is 18.7 Å². The minimum atomic E-state index is -0.374. The molecule has 0 bridgehead atoms. The van der Waals surface area contributed by atoms with E-state index in [2.05, 4.69) is 16.0 Å². The first-order valence-electron chi connectivity index (χ1n) is 11.7. The number of hydrogen-bond acceptors (Lipinski definition) is 7. The second kappa shape index (κ2) is 8.48. The molecule has 4 heterocycles. The number of nitrogens with zero attached hydrogens (tertiary/aromatic N) is 3. The Labute approximate surface area is 201 Å². The summed E-state index contributed by atoms with van der Waals surface area (Å²) in [6, 6.07) is 13.6. The fourth-order valence-electron chi connectivity index (χ4n) is 4.98. The van der Waals surface area contributed by atoms with Crippen LogP contribution in [-0.4, -0.2) is 40.1 Å². The first-order chi connectivity index (χ1) is 17.0. The minimum Gasteiger partial charge on any atom is -0.457 e. The molecule has 8 heteroatoms. The Morgan fingerprint density at radius 3 is 2.83 bits per heavy atom. The van der Waals surface area contributed by atoms with Gasteiger partial charge >= 0.3 is 11.7 Å². The lowest BCUT2D eigenvalue weighted by Crippen LogP contribution is -2.38. The van der Waals surface area contributed by atoms with Crippen LogP contribution in [0, 0.1) is 6.92 Å². The number of aromatic nitrogens is 2. The molecular weight excluding hydrogens is 446 g/mol. The fraction of sp³-hybridized carbons (Fsp3) is 0.296. The molecule has 2 aromatic carbocycles. The van der Waals surface area contributed by atoms with Crippen molar-refractivity contribution in [2.45, 2.75) is 26.2 Å². The van der Waals surface area contributed by atoms with Gasteiger partial charge in [0.05, 0.1) is 29.5 Å². The fourth-order valence-corrected chi connectivity index (χ4v) is 4.98. The van der Waals surface area contributed by atoms with E-state index in [1.165, 1.54) is 4.57 Å². The third-order valence-electron chi connectivity index (χ3n) is 7.02. The molecule has 178 valence electrons. The molecule has 0 N–H and O–H groups in total. The number of ether oxygens (including phenoxy) is 2. The molecule has 0 unspecified atom stereocenters. The summed E-state index contributed by atoms with van der Waals surface area (Å²) in [5, 5.41) is 0. The van der Waals surface area contributed by atoms with Crippen molar-refractivity contribution in [2.24, 2.45) is 7.05 Å². The zero-order valence-electron chi connectivity index (χ0n) is 19.6. The van der Waals surface area contributed by atoms with Gasteiger partial charge in [0.1, 0.15) is 6.61 Å². The number of morpholine rings is 1. The largest absolute Gasteiger partial charge is 0.457 e. The van der Waals surface area contributed by atoms with Crippen LogP contribution in [0.25, 0.3) is 22.4 Å². The number of cyclic esters (lactones) is 1. The third kappa shape index (κ3) is 3.84. The summed E-state index contributed by atoms with van der Waals surface area (Å²) in [7, 11) is 1.70. The molecule has 0 saturated carbocycles. The maximum atomic E-state index is 11.9. The Morgan fingerprint density at radius 2 is 2.00 bits per heavy atom. The molecule has 1 saturated heterocycles. The van der Waals surface area contributed by atoms with E-state index in [0.29, 0.717) is 24.4 Å². The van der Waals surface area contributed by atoms with E-state index in [1.807, 2.05) is 43.5 Å². The highest BCUT2D eigenvalue weighted by molar-refractivity contribution is 5.94. The average Bonchev–Trinajstić information content (AvgIpc) is 3.39. The predicted molar refractivity (Wildman–Crippen MR) is 129 cm³/mol. The second-order valence-corrected chi connectivity index (χ2v) is 9.14. The molecule has 2 aromatic heterocycles. The Kier molecular flexibility index (Phi) is 5.27. The average molecular weight is 472 g/mol. The zero-order valence-corrected chi connectivity index (χ0v) is 19.6. The molecule has 8 nitrogen and oxygen atoms in total. The predicted octanol–water partition coefficient (Wildman–Crippen LogP) is 3.75. The van der Waals surface area contributed by atoms with Crippen LogP contribution < -0.4 is 5.76 Å². The molecule has 0 amide bonds. The van der Waals surface area contributed by atoms with Gasteiger partial charge in [-0.3, -0.25) is 14.5 Å². The van der Waals surface area contributed by atoms with Gasteiger partial charge in [-0.05, 0) is 53.9 Å². The molecule has 0 radical (unpaired) electrons. The van der Waals surface area contributed by atoms with Crippen LogP contribution in [0.4, 0.5) is 0 Å². The molecule has 4 aromatic rings. The van der Waals surface area contributed by atoms with Crippen LogP contribution in [0.2, 0.25) is 0 Å². The van der Waals surface area contributed by atoms with Gasteiger partial charge in [-0.25, -0.2) is 9.59 Å². The Balaban J connectivity index is 1.17. The number of rotatable bonds is 4. The quantitative estimate of drug-likeness (QED) is 0.419. The van der Waals surface area contributed by atoms with Crippen molar-refractivity contribution in [1.29, 1.82) is 0 Å². The van der Waals surface area contributed by atoms with Gasteiger partial charge in [-0.2, -0.15) is 0 Å². The lowest BCUT2D eigenvalue weighted by Gasteiger charge is -2.34. The highest BCUT2D eigenvalue weighted by atomic mass is 16.5. The van der Waals surface area contributed by atoms with Gasteiger partial charge in [-0.15, -0.1) is 0 Å². The van der Waals surface area contributed by atoms with E-state index in [0.717, 1.165) is 58.7 Å². The first kappa shape index (κ1) is 21.8. The van der Waals surface area contributed by atoms with Crippen LogP contribution in [-0.2, 0) is 29.7 Å². The van der Waals surface area contributed by atoms with Crippen LogP contribution >= 0.6 is 0 Å². The van der Waals surface area contributed by atoms with E-state index < -0.39 is 0 Å². The number of benzene rings is 2. The van der Waals surface area contributed by atoms with Crippen molar-refractivity contribution >= 4 is 17.1 Å². The summed E-state index contributed by atoms with van der Waals surface area (Å²) in [5.41, 5.74) is 8.04. The van der Waals surface area contributed by atoms with Gasteiger partial charge in [0.2, 0.25) is 0 Å². The number of carbonyl (C=O) groups excluding carboxylic acids is 1. The van der Waals surface area contributed by atoms with Gasteiger partial charge in [0.25, 0.3) is 0 Å². The van der Waals surface area contributed by atoms with Crippen molar-refractivity contribution in [3.8, 4) is 11.3 Å². The lowest BCUT2D eigenvalue weighted by atomic mass is 9.94. The molecular formula is C27H25N3O5. The summed E-state index contributed by atoms with van der Waals surface area (Å²) >= 11 is 0. The topological polar surface area (TPSA) is 86.8 Å². The molecule has 6 rings (SSSR count). The SMILES string of the molecule is Cc1c([C@@H]2CN(Cc3ccc(-c4ccc5oc(=O)n(C)c5c4)nc3)CCO2)ccc2c1COC2=O. The van der Waals surface area contributed by atoms with Crippen molar-refractivity contribution in [1.82, 2.24) is 14.5 Å². The van der Waals surface area contributed by atoms with E-state index in [1.54, 1.807) is 13.1 Å². The molecule has 1 fully saturated rings. The van der Waals surface area contributed by atoms with Gasteiger partial charge in [0.15, 0.2) is 5.58 Å². The molecule has 0 spiro atoms. The highest BCUT2D eigenvalue weighted by Crippen LogP contribution is 2.32.